The van der Waals surface area contributed by atoms with E-state index in [2.05, 4.69) is 0 Å². The summed E-state index contributed by atoms with van der Waals surface area (Å²) in [6, 6.07) is 8.36. The van der Waals surface area contributed by atoms with Crippen molar-refractivity contribution in [3.05, 3.63) is 58.1 Å². The molecule has 3 rings (SSSR count). The van der Waals surface area contributed by atoms with Gasteiger partial charge in [0, 0.05) is 33.3 Å². The number of hydrogen-bond acceptors (Lipinski definition) is 8. The van der Waals surface area contributed by atoms with Crippen LogP contribution < -0.4 is 14.2 Å². The van der Waals surface area contributed by atoms with Gasteiger partial charge in [-0.25, -0.2) is 0 Å². The third-order valence-electron chi connectivity index (χ3n) is 5.47. The quantitative estimate of drug-likeness (QED) is 0.137. The van der Waals surface area contributed by atoms with E-state index in [9.17, 15) is 19.5 Å². The molecule has 1 fully saturated rings. The highest BCUT2D eigenvalue weighted by Gasteiger charge is 2.46. The maximum atomic E-state index is 13.2. The number of benzene rings is 2. The Hall–Kier alpha value is -3.56. The molecule has 0 spiro atoms. The largest absolute Gasteiger partial charge is 0.507 e. The molecule has 1 aliphatic rings. The van der Waals surface area contributed by atoms with Gasteiger partial charge in [-0.3, -0.25) is 14.4 Å². The summed E-state index contributed by atoms with van der Waals surface area (Å²) < 4.78 is 20.8. The molecular formula is C25H26ClNO8. The zero-order chi connectivity index (χ0) is 25.7. The fraction of sp³-hybridized carbons (Fsp3) is 0.320. The third-order valence-corrected chi connectivity index (χ3v) is 5.77. The second-order valence-corrected chi connectivity index (χ2v) is 8.10. The fourth-order valence-corrected chi connectivity index (χ4v) is 4.14. The maximum absolute atomic E-state index is 13.2. The first-order valence-corrected chi connectivity index (χ1v) is 11.1. The molecule has 1 atom stereocenters. The molecule has 186 valence electrons. The lowest BCUT2D eigenvalue weighted by Crippen LogP contribution is -2.31. The van der Waals surface area contributed by atoms with Crippen LogP contribution in [0.1, 0.15) is 30.5 Å². The van der Waals surface area contributed by atoms with Crippen molar-refractivity contribution < 1.29 is 38.4 Å². The summed E-state index contributed by atoms with van der Waals surface area (Å²) in [5.41, 5.74) is 0.569. The molecule has 35 heavy (non-hydrogen) atoms. The fourth-order valence-electron chi connectivity index (χ4n) is 3.91. The van der Waals surface area contributed by atoms with Crippen LogP contribution in [0.3, 0.4) is 0 Å². The number of methoxy groups -OCH3 is 3. The van der Waals surface area contributed by atoms with Crippen molar-refractivity contribution in [3.8, 4) is 17.2 Å². The topological polar surface area (TPSA) is 112 Å². The van der Waals surface area contributed by atoms with E-state index in [1.807, 2.05) is 0 Å². The molecule has 1 heterocycles. The number of aliphatic hydroxyl groups excluding tert-OH is 1. The smallest absolute Gasteiger partial charge is 0.308 e. The van der Waals surface area contributed by atoms with E-state index in [4.69, 9.17) is 30.5 Å². The van der Waals surface area contributed by atoms with Gasteiger partial charge in [0.1, 0.15) is 23.0 Å². The first-order valence-electron chi connectivity index (χ1n) is 10.7. The Morgan fingerprint density at radius 3 is 2.29 bits per heavy atom. The van der Waals surface area contributed by atoms with Crippen LogP contribution in [0.4, 0.5) is 0 Å². The van der Waals surface area contributed by atoms with Crippen molar-refractivity contribution in [2.45, 2.75) is 19.4 Å². The zero-order valence-corrected chi connectivity index (χ0v) is 20.5. The normalized spacial score (nSPS) is 16.9. The summed E-state index contributed by atoms with van der Waals surface area (Å²) in [4.78, 5) is 38.8. The lowest BCUT2D eigenvalue weighted by atomic mass is 9.94. The maximum Gasteiger partial charge on any atom is 0.308 e. The van der Waals surface area contributed by atoms with Gasteiger partial charge in [-0.15, -0.1) is 0 Å². The van der Waals surface area contributed by atoms with Crippen LogP contribution in [0, 0.1) is 0 Å². The molecule has 0 aliphatic carbocycles. The standard InChI is InChI=1S/C25H26ClNO8/c1-14(28)35-16-8-6-15(7-9-16)22-21(24(30)25(31)27(22)10-5-11-32-2)23(29)17-12-20(34-4)18(26)13-19(17)33-3/h6-9,12-13,22,29H,5,10-11H2,1-4H3/b23-21+. The van der Waals surface area contributed by atoms with E-state index < -0.39 is 29.5 Å². The SMILES string of the molecule is COCCCN1C(=O)C(=O)/C(=C(/O)c2cc(OC)c(Cl)cc2OC)C1c1ccc(OC(C)=O)cc1. The predicted octanol–water partition coefficient (Wildman–Crippen LogP) is 3.74. The van der Waals surface area contributed by atoms with Crippen molar-refractivity contribution in [2.24, 2.45) is 0 Å². The number of aliphatic hydroxyl groups is 1. The summed E-state index contributed by atoms with van der Waals surface area (Å²) in [5.74, 6) is -1.75. The highest BCUT2D eigenvalue weighted by atomic mass is 35.5. The second-order valence-electron chi connectivity index (χ2n) is 7.69. The highest BCUT2D eigenvalue weighted by Crippen LogP contribution is 2.43. The number of Topliss-reactive ketones (excluding diaryl/α,β-unsaturated/α-hetero) is 1. The molecule has 1 aliphatic heterocycles. The number of likely N-dealkylation sites (tertiary alicyclic amines) is 1. The molecular weight excluding hydrogens is 478 g/mol. The number of ether oxygens (including phenoxy) is 4. The number of hydrogen-bond donors (Lipinski definition) is 1. The van der Waals surface area contributed by atoms with Gasteiger partial charge >= 0.3 is 5.97 Å². The molecule has 1 amide bonds. The monoisotopic (exact) mass is 503 g/mol. The summed E-state index contributed by atoms with van der Waals surface area (Å²) >= 11 is 6.19. The number of carbonyl (C=O) groups excluding carboxylic acids is 3. The molecule has 1 unspecified atom stereocenters. The van der Waals surface area contributed by atoms with Crippen molar-refractivity contribution in [2.75, 3.05) is 34.5 Å². The van der Waals surface area contributed by atoms with Crippen molar-refractivity contribution in [1.29, 1.82) is 0 Å². The number of esters is 1. The number of carbonyl (C=O) groups is 3. The first-order chi connectivity index (χ1) is 16.7. The van der Waals surface area contributed by atoms with E-state index >= 15 is 0 Å². The van der Waals surface area contributed by atoms with Crippen LogP contribution in [0.25, 0.3) is 5.76 Å². The Balaban J connectivity index is 2.18. The molecule has 0 radical (unpaired) electrons. The average molecular weight is 504 g/mol. The molecule has 1 saturated heterocycles. The van der Waals surface area contributed by atoms with Crippen LogP contribution in [0.2, 0.25) is 5.02 Å². The van der Waals surface area contributed by atoms with Crippen LogP contribution in [0.5, 0.6) is 17.2 Å². The van der Waals surface area contributed by atoms with E-state index in [1.165, 1.54) is 38.2 Å². The molecule has 2 aromatic carbocycles. The Bertz CT molecular complexity index is 1160. The van der Waals surface area contributed by atoms with Crippen LogP contribution in [-0.4, -0.2) is 62.1 Å². The van der Waals surface area contributed by atoms with E-state index in [0.717, 1.165) is 0 Å². The average Bonchev–Trinajstić information content (AvgIpc) is 3.08. The van der Waals surface area contributed by atoms with Gasteiger partial charge in [0.25, 0.3) is 11.7 Å². The molecule has 9 nitrogen and oxygen atoms in total. The first kappa shape index (κ1) is 26.1. The van der Waals surface area contributed by atoms with E-state index in [-0.39, 0.29) is 34.2 Å². The molecule has 1 N–H and O–H groups in total. The van der Waals surface area contributed by atoms with Gasteiger partial charge < -0.3 is 29.0 Å². The minimum Gasteiger partial charge on any atom is -0.507 e. The lowest BCUT2D eigenvalue weighted by Gasteiger charge is -2.25. The Morgan fingerprint density at radius 2 is 1.71 bits per heavy atom. The minimum atomic E-state index is -0.899. The van der Waals surface area contributed by atoms with Gasteiger partial charge in [0.05, 0.1) is 36.4 Å². The van der Waals surface area contributed by atoms with E-state index in [0.29, 0.717) is 24.3 Å². The Kier molecular flexibility index (Phi) is 8.37. The number of amides is 1. The van der Waals surface area contributed by atoms with Gasteiger partial charge in [-0.2, -0.15) is 0 Å². The molecule has 2 aromatic rings. The van der Waals surface area contributed by atoms with Gasteiger partial charge in [-0.1, -0.05) is 23.7 Å². The molecule has 10 heteroatoms. The van der Waals surface area contributed by atoms with Gasteiger partial charge in [-0.05, 0) is 30.2 Å². The number of halogens is 1. The van der Waals surface area contributed by atoms with Gasteiger partial charge in [0.2, 0.25) is 0 Å². The predicted molar refractivity (Wildman–Crippen MR) is 128 cm³/mol. The molecule has 0 bridgehead atoms. The Labute approximate surface area is 207 Å². The van der Waals surface area contributed by atoms with Crippen LogP contribution in [0.15, 0.2) is 42.0 Å². The summed E-state index contributed by atoms with van der Waals surface area (Å²) in [6.07, 6.45) is 0.476. The number of rotatable bonds is 9. The second kappa shape index (κ2) is 11.2. The summed E-state index contributed by atoms with van der Waals surface area (Å²) in [5, 5.41) is 11.6. The minimum absolute atomic E-state index is 0.115. The van der Waals surface area contributed by atoms with Crippen molar-refractivity contribution in [1.82, 2.24) is 4.90 Å². The third kappa shape index (κ3) is 5.41. The van der Waals surface area contributed by atoms with Crippen molar-refractivity contribution >= 4 is 35.0 Å². The van der Waals surface area contributed by atoms with Crippen LogP contribution in [-0.2, 0) is 19.1 Å². The lowest BCUT2D eigenvalue weighted by molar-refractivity contribution is -0.140. The Morgan fingerprint density at radius 1 is 1.06 bits per heavy atom. The highest BCUT2D eigenvalue weighted by molar-refractivity contribution is 6.46. The summed E-state index contributed by atoms with van der Waals surface area (Å²) in [6.45, 7) is 1.88. The van der Waals surface area contributed by atoms with E-state index in [1.54, 1.807) is 31.4 Å². The number of ketones is 1. The van der Waals surface area contributed by atoms with Crippen molar-refractivity contribution in [3.63, 3.8) is 0 Å². The van der Waals surface area contributed by atoms with Gasteiger partial charge in [0.15, 0.2) is 0 Å². The van der Waals surface area contributed by atoms with Crippen LogP contribution >= 0.6 is 11.6 Å². The summed E-state index contributed by atoms with van der Waals surface area (Å²) in [7, 11) is 4.35. The zero-order valence-electron chi connectivity index (χ0n) is 19.8. The molecule has 0 aromatic heterocycles. The number of nitrogens with zero attached hydrogens (tertiary/aromatic N) is 1. The molecule has 0 saturated carbocycles.